The quantitative estimate of drug-likeness (QED) is 0.834. The Hall–Kier alpha value is -0.830. The lowest BCUT2D eigenvalue weighted by Crippen LogP contribution is -2.36. The molecule has 2 N–H and O–H groups in total. The van der Waals surface area contributed by atoms with Crippen LogP contribution in [0.25, 0.3) is 0 Å². The molecule has 3 nitrogen and oxygen atoms in total. The minimum atomic E-state index is 0.0940. The lowest BCUT2D eigenvalue weighted by atomic mass is 9.65. The summed E-state index contributed by atoms with van der Waals surface area (Å²) in [7, 11) is 1.95. The Bertz CT molecular complexity index is 354. The average molecular weight is 221 g/mol. The van der Waals surface area contributed by atoms with E-state index >= 15 is 0 Å². The second-order valence-electron chi connectivity index (χ2n) is 5.78. The summed E-state index contributed by atoms with van der Waals surface area (Å²) in [5, 5.41) is 4.44. The lowest BCUT2D eigenvalue weighted by Gasteiger charge is -2.41. The molecule has 0 aromatic carbocycles. The van der Waals surface area contributed by atoms with Gasteiger partial charge >= 0.3 is 0 Å². The number of hydrogen-bond acceptors (Lipinski definition) is 2. The molecule has 0 bridgehead atoms. The van der Waals surface area contributed by atoms with Crippen LogP contribution in [0.15, 0.2) is 12.3 Å². The number of aromatic nitrogens is 2. The molecule has 2 atom stereocenters. The molecule has 1 aromatic heterocycles. The molecule has 2 unspecified atom stereocenters. The van der Waals surface area contributed by atoms with Crippen molar-refractivity contribution < 1.29 is 0 Å². The Morgan fingerprint density at radius 1 is 1.50 bits per heavy atom. The monoisotopic (exact) mass is 221 g/mol. The second-order valence-corrected chi connectivity index (χ2v) is 5.78. The Labute approximate surface area is 98.0 Å². The molecular weight excluding hydrogens is 198 g/mol. The maximum absolute atomic E-state index is 6.38. The summed E-state index contributed by atoms with van der Waals surface area (Å²) in [6, 6.07) is 2.14. The highest BCUT2D eigenvalue weighted by Crippen LogP contribution is 2.45. The number of hydrogen-bond donors (Lipinski definition) is 1. The van der Waals surface area contributed by atoms with Gasteiger partial charge in [-0.1, -0.05) is 26.7 Å². The molecule has 1 fully saturated rings. The Balaban J connectivity index is 2.17. The standard InChI is InChI=1S/C13H23N3/c1-13(2)8-5-4-6-10(13)12(14)11-7-9-16(3)15-11/h7,9-10,12H,4-6,8,14H2,1-3H3. The molecule has 0 saturated heterocycles. The minimum Gasteiger partial charge on any atom is -0.322 e. The van der Waals surface area contributed by atoms with Crippen LogP contribution < -0.4 is 5.73 Å². The smallest absolute Gasteiger partial charge is 0.0794 e. The van der Waals surface area contributed by atoms with Crippen LogP contribution in [0.1, 0.15) is 51.3 Å². The highest BCUT2D eigenvalue weighted by Gasteiger charge is 2.37. The maximum Gasteiger partial charge on any atom is 0.0794 e. The van der Waals surface area contributed by atoms with E-state index in [1.165, 1.54) is 25.7 Å². The van der Waals surface area contributed by atoms with Crippen LogP contribution in [-0.2, 0) is 7.05 Å². The van der Waals surface area contributed by atoms with E-state index in [4.69, 9.17) is 5.73 Å². The van der Waals surface area contributed by atoms with E-state index in [0.717, 1.165) is 5.69 Å². The summed E-state index contributed by atoms with van der Waals surface area (Å²) < 4.78 is 1.84. The van der Waals surface area contributed by atoms with Crippen LogP contribution in [0.2, 0.25) is 0 Å². The first kappa shape index (κ1) is 11.6. The molecule has 2 rings (SSSR count). The fourth-order valence-corrected chi connectivity index (χ4v) is 3.00. The first-order valence-corrected chi connectivity index (χ1v) is 6.26. The Morgan fingerprint density at radius 2 is 2.25 bits per heavy atom. The van der Waals surface area contributed by atoms with Gasteiger partial charge in [-0.3, -0.25) is 4.68 Å². The zero-order valence-corrected chi connectivity index (χ0v) is 10.6. The van der Waals surface area contributed by atoms with Crippen molar-refractivity contribution in [2.75, 3.05) is 0 Å². The normalized spacial score (nSPS) is 26.6. The van der Waals surface area contributed by atoms with Gasteiger partial charge in [0.2, 0.25) is 0 Å². The van der Waals surface area contributed by atoms with E-state index in [1.807, 2.05) is 17.9 Å². The third kappa shape index (κ3) is 2.14. The highest BCUT2D eigenvalue weighted by molar-refractivity contribution is 5.08. The summed E-state index contributed by atoms with van der Waals surface area (Å²) >= 11 is 0. The number of rotatable bonds is 2. The van der Waals surface area contributed by atoms with Gasteiger partial charge in [0.1, 0.15) is 0 Å². The minimum absolute atomic E-state index is 0.0940. The van der Waals surface area contributed by atoms with Gasteiger partial charge in [0.15, 0.2) is 0 Å². The molecule has 0 amide bonds. The van der Waals surface area contributed by atoms with Crippen molar-refractivity contribution >= 4 is 0 Å². The maximum atomic E-state index is 6.38. The largest absolute Gasteiger partial charge is 0.322 e. The van der Waals surface area contributed by atoms with E-state index in [0.29, 0.717) is 11.3 Å². The third-order valence-electron chi connectivity index (χ3n) is 4.10. The first-order chi connectivity index (χ1) is 7.50. The van der Waals surface area contributed by atoms with Crippen molar-refractivity contribution in [2.24, 2.45) is 24.1 Å². The molecule has 1 saturated carbocycles. The van der Waals surface area contributed by atoms with Gasteiger partial charge in [0.05, 0.1) is 11.7 Å². The fourth-order valence-electron chi connectivity index (χ4n) is 3.00. The van der Waals surface area contributed by atoms with Gasteiger partial charge in [0, 0.05) is 13.2 Å². The van der Waals surface area contributed by atoms with Crippen molar-refractivity contribution in [1.29, 1.82) is 0 Å². The summed E-state index contributed by atoms with van der Waals surface area (Å²) in [5.41, 5.74) is 7.78. The zero-order valence-electron chi connectivity index (χ0n) is 10.6. The molecule has 1 aliphatic carbocycles. The third-order valence-corrected chi connectivity index (χ3v) is 4.10. The van der Waals surface area contributed by atoms with Crippen molar-refractivity contribution in [1.82, 2.24) is 9.78 Å². The van der Waals surface area contributed by atoms with Crippen LogP contribution in [-0.4, -0.2) is 9.78 Å². The summed E-state index contributed by atoms with van der Waals surface area (Å²) in [5.74, 6) is 0.566. The number of aryl methyl sites for hydroxylation is 1. The fraction of sp³-hybridized carbons (Fsp3) is 0.769. The summed E-state index contributed by atoms with van der Waals surface area (Å²) in [6.07, 6.45) is 7.17. The van der Waals surface area contributed by atoms with Gasteiger partial charge < -0.3 is 5.73 Å². The molecule has 0 radical (unpaired) electrons. The highest BCUT2D eigenvalue weighted by atomic mass is 15.3. The summed E-state index contributed by atoms with van der Waals surface area (Å²) in [6.45, 7) is 4.69. The van der Waals surface area contributed by atoms with Crippen LogP contribution in [0, 0.1) is 11.3 Å². The van der Waals surface area contributed by atoms with Gasteiger partial charge in [-0.25, -0.2) is 0 Å². The van der Waals surface area contributed by atoms with Crippen molar-refractivity contribution in [3.63, 3.8) is 0 Å². The molecule has 1 heterocycles. The lowest BCUT2D eigenvalue weighted by molar-refractivity contribution is 0.111. The Morgan fingerprint density at radius 3 is 2.81 bits per heavy atom. The summed E-state index contributed by atoms with van der Waals surface area (Å²) in [4.78, 5) is 0. The molecule has 3 heteroatoms. The van der Waals surface area contributed by atoms with Crippen molar-refractivity contribution in [2.45, 2.75) is 45.6 Å². The van der Waals surface area contributed by atoms with Crippen molar-refractivity contribution in [3.05, 3.63) is 18.0 Å². The van der Waals surface area contributed by atoms with E-state index in [1.54, 1.807) is 0 Å². The number of nitrogens with zero attached hydrogens (tertiary/aromatic N) is 2. The molecule has 1 aromatic rings. The van der Waals surface area contributed by atoms with Crippen LogP contribution in [0.4, 0.5) is 0 Å². The van der Waals surface area contributed by atoms with Crippen LogP contribution >= 0.6 is 0 Å². The van der Waals surface area contributed by atoms with Gasteiger partial charge in [0.25, 0.3) is 0 Å². The zero-order chi connectivity index (χ0) is 11.8. The van der Waals surface area contributed by atoms with Crippen LogP contribution in [0.5, 0.6) is 0 Å². The van der Waals surface area contributed by atoms with Crippen LogP contribution in [0.3, 0.4) is 0 Å². The first-order valence-electron chi connectivity index (χ1n) is 6.26. The van der Waals surface area contributed by atoms with Gasteiger partial charge in [-0.05, 0) is 30.2 Å². The number of nitrogens with two attached hydrogens (primary N) is 1. The topological polar surface area (TPSA) is 43.8 Å². The predicted molar refractivity (Wildman–Crippen MR) is 65.9 cm³/mol. The molecule has 90 valence electrons. The SMILES string of the molecule is Cn1ccc(C(N)C2CCCCC2(C)C)n1. The van der Waals surface area contributed by atoms with Gasteiger partial charge in [-0.15, -0.1) is 0 Å². The van der Waals surface area contributed by atoms with E-state index in [2.05, 4.69) is 25.0 Å². The average Bonchev–Trinajstić information content (AvgIpc) is 2.63. The van der Waals surface area contributed by atoms with E-state index in [-0.39, 0.29) is 6.04 Å². The van der Waals surface area contributed by atoms with Crippen molar-refractivity contribution in [3.8, 4) is 0 Å². The Kier molecular flexibility index (Phi) is 3.06. The second kappa shape index (κ2) is 4.21. The molecule has 1 aliphatic rings. The predicted octanol–water partition coefficient (Wildman–Crippen LogP) is 2.64. The molecule has 0 spiro atoms. The van der Waals surface area contributed by atoms with E-state index in [9.17, 15) is 0 Å². The van der Waals surface area contributed by atoms with E-state index < -0.39 is 0 Å². The molecular formula is C13H23N3. The molecule has 0 aliphatic heterocycles. The molecule has 16 heavy (non-hydrogen) atoms. The van der Waals surface area contributed by atoms with Gasteiger partial charge in [-0.2, -0.15) is 5.10 Å².